The molecule has 0 radical (unpaired) electrons. The van der Waals surface area contributed by atoms with E-state index in [1.54, 1.807) is 12.5 Å². The van der Waals surface area contributed by atoms with Crippen LogP contribution in [0.2, 0.25) is 10.3 Å². The van der Waals surface area contributed by atoms with Crippen molar-refractivity contribution in [3.63, 3.8) is 0 Å². The zero-order valence-electron chi connectivity index (χ0n) is 13.0. The van der Waals surface area contributed by atoms with E-state index in [4.69, 9.17) is 23.2 Å². The highest BCUT2D eigenvalue weighted by Crippen LogP contribution is 2.21. The van der Waals surface area contributed by atoms with Crippen LogP contribution in [0.5, 0.6) is 0 Å². The van der Waals surface area contributed by atoms with Crippen molar-refractivity contribution in [2.75, 3.05) is 10.6 Å². The van der Waals surface area contributed by atoms with Gasteiger partial charge in [-0.05, 0) is 36.2 Å². The maximum absolute atomic E-state index is 5.99. The molecule has 0 spiro atoms. The molecule has 0 aliphatic carbocycles. The molecule has 1 atom stereocenters. The molecule has 2 heterocycles. The minimum Gasteiger partial charge on any atom is -0.348 e. The summed E-state index contributed by atoms with van der Waals surface area (Å²) >= 11 is 11.9. The molecule has 3 rings (SSSR count). The molecule has 7 nitrogen and oxygen atoms in total. The van der Waals surface area contributed by atoms with Crippen molar-refractivity contribution in [1.82, 2.24) is 24.5 Å². The second kappa shape index (κ2) is 7.02. The Morgan fingerprint density at radius 2 is 1.75 bits per heavy atom. The highest BCUT2D eigenvalue weighted by Gasteiger charge is 2.11. The summed E-state index contributed by atoms with van der Waals surface area (Å²) in [6, 6.07) is 7.53. The quantitative estimate of drug-likeness (QED) is 0.716. The minimum absolute atomic E-state index is 0.0246. The van der Waals surface area contributed by atoms with Gasteiger partial charge in [0.1, 0.15) is 0 Å². The van der Waals surface area contributed by atoms with E-state index in [2.05, 4.69) is 30.6 Å². The predicted octanol–water partition coefficient (Wildman–Crippen LogP) is 3.83. The van der Waals surface area contributed by atoms with Crippen molar-refractivity contribution in [3.8, 4) is 0 Å². The average molecular weight is 364 g/mol. The molecule has 0 unspecified atom stereocenters. The number of hydrogen-bond donors (Lipinski definition) is 2. The standard InChI is InChI=1S/C15H15Cl2N7/c1-9(10-3-5-11(16)6-4-10)19-14-21-13(17)22-15(23-14)20-12-7-24(2)8-18-12/h3-9H,1-2H3,(H2,19,20,21,22,23)/t9-/m0/s1. The van der Waals surface area contributed by atoms with Crippen LogP contribution in [0, 0.1) is 0 Å². The summed E-state index contributed by atoms with van der Waals surface area (Å²) in [5.74, 6) is 1.31. The number of rotatable bonds is 5. The maximum Gasteiger partial charge on any atom is 0.234 e. The maximum atomic E-state index is 5.99. The molecular weight excluding hydrogens is 349 g/mol. The lowest BCUT2D eigenvalue weighted by atomic mass is 10.1. The van der Waals surface area contributed by atoms with Gasteiger partial charge in [-0.15, -0.1) is 0 Å². The third-order valence-electron chi connectivity index (χ3n) is 3.27. The smallest absolute Gasteiger partial charge is 0.234 e. The molecule has 124 valence electrons. The van der Waals surface area contributed by atoms with Gasteiger partial charge in [-0.2, -0.15) is 15.0 Å². The summed E-state index contributed by atoms with van der Waals surface area (Å²) < 4.78 is 1.81. The van der Waals surface area contributed by atoms with Crippen molar-refractivity contribution in [2.45, 2.75) is 13.0 Å². The number of nitrogens with one attached hydrogen (secondary N) is 2. The Hall–Kier alpha value is -2.38. The lowest BCUT2D eigenvalue weighted by Crippen LogP contribution is -2.11. The second-order valence-corrected chi connectivity index (χ2v) is 5.99. The molecule has 0 saturated heterocycles. The summed E-state index contributed by atoms with van der Waals surface area (Å²) in [7, 11) is 1.87. The summed E-state index contributed by atoms with van der Waals surface area (Å²) in [5.41, 5.74) is 1.05. The largest absolute Gasteiger partial charge is 0.348 e. The van der Waals surface area contributed by atoms with Crippen molar-refractivity contribution in [2.24, 2.45) is 7.05 Å². The number of imidazole rings is 1. The summed E-state index contributed by atoms with van der Waals surface area (Å²) in [4.78, 5) is 16.6. The molecule has 3 aromatic rings. The fourth-order valence-electron chi connectivity index (χ4n) is 2.09. The van der Waals surface area contributed by atoms with Crippen LogP contribution in [0.3, 0.4) is 0 Å². The average Bonchev–Trinajstić information content (AvgIpc) is 2.92. The van der Waals surface area contributed by atoms with Crippen LogP contribution in [0.15, 0.2) is 36.8 Å². The normalized spacial score (nSPS) is 12.0. The first-order valence-corrected chi connectivity index (χ1v) is 7.94. The summed E-state index contributed by atoms with van der Waals surface area (Å²) in [6.07, 6.45) is 3.48. The number of aryl methyl sites for hydroxylation is 1. The highest BCUT2D eigenvalue weighted by molar-refractivity contribution is 6.30. The Morgan fingerprint density at radius 3 is 2.42 bits per heavy atom. The number of aromatic nitrogens is 5. The molecule has 0 aliphatic rings. The highest BCUT2D eigenvalue weighted by atomic mass is 35.5. The number of benzene rings is 1. The van der Waals surface area contributed by atoms with Crippen LogP contribution in [0.1, 0.15) is 18.5 Å². The Bertz CT molecular complexity index is 832. The fourth-order valence-corrected chi connectivity index (χ4v) is 2.38. The lowest BCUT2D eigenvalue weighted by Gasteiger charge is -2.14. The molecule has 9 heteroatoms. The van der Waals surface area contributed by atoms with Crippen molar-refractivity contribution in [1.29, 1.82) is 0 Å². The van der Waals surface area contributed by atoms with Crippen molar-refractivity contribution in [3.05, 3.63) is 52.7 Å². The van der Waals surface area contributed by atoms with Gasteiger partial charge in [-0.1, -0.05) is 23.7 Å². The van der Waals surface area contributed by atoms with E-state index in [0.29, 0.717) is 22.7 Å². The predicted molar refractivity (Wildman–Crippen MR) is 94.8 cm³/mol. The van der Waals surface area contributed by atoms with Gasteiger partial charge in [0, 0.05) is 18.3 Å². The Morgan fingerprint density at radius 1 is 1.04 bits per heavy atom. The van der Waals surface area contributed by atoms with Gasteiger partial charge < -0.3 is 15.2 Å². The van der Waals surface area contributed by atoms with E-state index in [9.17, 15) is 0 Å². The van der Waals surface area contributed by atoms with E-state index in [-0.39, 0.29) is 11.3 Å². The van der Waals surface area contributed by atoms with E-state index in [1.165, 1.54) is 0 Å². The van der Waals surface area contributed by atoms with Crippen LogP contribution >= 0.6 is 23.2 Å². The molecule has 2 aromatic heterocycles. The van der Waals surface area contributed by atoms with Crippen molar-refractivity contribution < 1.29 is 0 Å². The molecule has 0 aliphatic heterocycles. The molecule has 2 N–H and O–H groups in total. The van der Waals surface area contributed by atoms with Crippen LogP contribution < -0.4 is 10.6 Å². The van der Waals surface area contributed by atoms with Crippen LogP contribution in [-0.2, 0) is 7.05 Å². The van der Waals surface area contributed by atoms with Crippen LogP contribution in [0.4, 0.5) is 17.7 Å². The molecule has 1 aromatic carbocycles. The molecule has 0 saturated carbocycles. The Kier molecular flexibility index (Phi) is 4.82. The van der Waals surface area contributed by atoms with Gasteiger partial charge in [0.15, 0.2) is 5.82 Å². The van der Waals surface area contributed by atoms with E-state index in [0.717, 1.165) is 5.56 Å². The topological polar surface area (TPSA) is 80.5 Å². The Labute approximate surface area is 149 Å². The summed E-state index contributed by atoms with van der Waals surface area (Å²) in [5, 5.41) is 6.97. The molecule has 24 heavy (non-hydrogen) atoms. The first kappa shape index (κ1) is 16.5. The van der Waals surface area contributed by atoms with Crippen LogP contribution in [0.25, 0.3) is 0 Å². The SMILES string of the molecule is C[C@H](Nc1nc(Cl)nc(Nc2cn(C)cn2)n1)c1ccc(Cl)cc1. The fraction of sp³-hybridized carbons (Fsp3) is 0.200. The van der Waals surface area contributed by atoms with Gasteiger partial charge in [0.25, 0.3) is 0 Å². The minimum atomic E-state index is -0.0246. The van der Waals surface area contributed by atoms with Crippen LogP contribution in [-0.4, -0.2) is 24.5 Å². The monoisotopic (exact) mass is 363 g/mol. The zero-order chi connectivity index (χ0) is 17.1. The molecular formula is C15H15Cl2N7. The van der Waals surface area contributed by atoms with E-state index < -0.39 is 0 Å². The number of halogens is 2. The second-order valence-electron chi connectivity index (χ2n) is 5.22. The van der Waals surface area contributed by atoms with Gasteiger partial charge in [0.2, 0.25) is 17.2 Å². The van der Waals surface area contributed by atoms with Gasteiger partial charge >= 0.3 is 0 Å². The van der Waals surface area contributed by atoms with Gasteiger partial charge in [0.05, 0.1) is 12.4 Å². The number of hydrogen-bond acceptors (Lipinski definition) is 6. The first-order chi connectivity index (χ1) is 11.5. The molecule has 0 amide bonds. The van der Waals surface area contributed by atoms with Crippen molar-refractivity contribution >= 4 is 40.9 Å². The number of nitrogens with zero attached hydrogens (tertiary/aromatic N) is 5. The van der Waals surface area contributed by atoms with Gasteiger partial charge in [-0.25, -0.2) is 4.98 Å². The summed E-state index contributed by atoms with van der Waals surface area (Å²) in [6.45, 7) is 1.99. The Balaban J connectivity index is 1.76. The van der Waals surface area contributed by atoms with E-state index >= 15 is 0 Å². The zero-order valence-corrected chi connectivity index (χ0v) is 14.5. The third-order valence-corrected chi connectivity index (χ3v) is 3.69. The molecule has 0 fully saturated rings. The molecule has 0 bridgehead atoms. The lowest BCUT2D eigenvalue weighted by molar-refractivity contribution is 0.855. The van der Waals surface area contributed by atoms with Gasteiger partial charge in [-0.3, -0.25) is 0 Å². The number of anilines is 3. The first-order valence-electron chi connectivity index (χ1n) is 7.18. The van der Waals surface area contributed by atoms with E-state index in [1.807, 2.05) is 42.8 Å². The third kappa shape index (κ3) is 4.12.